The first-order valence-electron chi connectivity index (χ1n) is 6.22. The van der Waals surface area contributed by atoms with Gasteiger partial charge in [-0.2, -0.15) is 0 Å². The van der Waals surface area contributed by atoms with Crippen LogP contribution in [0.5, 0.6) is 5.75 Å². The maximum atomic E-state index is 12.4. The zero-order valence-electron chi connectivity index (χ0n) is 12.4. The summed E-state index contributed by atoms with van der Waals surface area (Å²) in [6, 6.07) is 5.25. The van der Waals surface area contributed by atoms with Gasteiger partial charge in [0.25, 0.3) is 0 Å². The van der Waals surface area contributed by atoms with Crippen LogP contribution in [-0.4, -0.2) is 31.8 Å². The summed E-state index contributed by atoms with van der Waals surface area (Å²) >= 11 is 4.97. The molecule has 0 amide bonds. The molecule has 0 radical (unpaired) electrons. The van der Waals surface area contributed by atoms with Crippen molar-refractivity contribution in [1.29, 1.82) is 0 Å². The van der Waals surface area contributed by atoms with E-state index in [9.17, 15) is 8.42 Å². The van der Waals surface area contributed by atoms with Gasteiger partial charge in [-0.3, -0.25) is 10.7 Å². The Hall–Kier alpha value is -1.22. The number of hydroxylamine groups is 1. The largest absolute Gasteiger partial charge is 0.497 e. The Morgan fingerprint density at radius 2 is 1.81 bits per heavy atom. The van der Waals surface area contributed by atoms with Gasteiger partial charge in [0.05, 0.1) is 18.0 Å². The Kier molecular flexibility index (Phi) is 5.68. The summed E-state index contributed by atoms with van der Waals surface area (Å²) in [6.07, 6.45) is 0. The molecule has 0 aliphatic heterocycles. The fraction of sp³-hybridized carbons (Fsp3) is 0.462. The van der Waals surface area contributed by atoms with Crippen molar-refractivity contribution >= 4 is 27.2 Å². The molecular weight excluding hydrogens is 312 g/mol. The number of nitrogens with one attached hydrogen (secondary N) is 2. The monoisotopic (exact) mass is 332 g/mol. The third-order valence-electron chi connectivity index (χ3n) is 2.88. The van der Waals surface area contributed by atoms with Gasteiger partial charge in [0, 0.05) is 0 Å². The van der Waals surface area contributed by atoms with Gasteiger partial charge in [-0.1, -0.05) is 33.0 Å². The summed E-state index contributed by atoms with van der Waals surface area (Å²) in [5, 5.41) is 8.96. The van der Waals surface area contributed by atoms with E-state index in [-0.39, 0.29) is 9.88 Å². The maximum Gasteiger partial charge on any atom is 0.241 e. The van der Waals surface area contributed by atoms with E-state index in [1.807, 2.05) is 26.3 Å². The second-order valence-electron chi connectivity index (χ2n) is 5.57. The Labute approximate surface area is 130 Å². The average molecular weight is 332 g/mol. The summed E-state index contributed by atoms with van der Waals surface area (Å²) < 4.78 is 32.3. The topological polar surface area (TPSA) is 87.7 Å². The minimum atomic E-state index is -3.77. The molecule has 0 saturated heterocycles. The first-order chi connectivity index (χ1) is 9.61. The predicted molar refractivity (Wildman–Crippen MR) is 84.1 cm³/mol. The minimum absolute atomic E-state index is 0.0135. The predicted octanol–water partition coefficient (Wildman–Crippen LogP) is 1.69. The molecule has 0 fully saturated rings. The molecule has 0 spiro atoms. The summed E-state index contributed by atoms with van der Waals surface area (Å²) in [5.74, 6) is 0.564. The van der Waals surface area contributed by atoms with Gasteiger partial charge < -0.3 is 4.74 Å². The normalized spacial score (nSPS) is 13.6. The van der Waals surface area contributed by atoms with Crippen molar-refractivity contribution in [3.8, 4) is 5.75 Å². The number of ether oxygens (including phenoxy) is 1. The van der Waals surface area contributed by atoms with Crippen molar-refractivity contribution in [3.63, 3.8) is 0 Å². The van der Waals surface area contributed by atoms with Gasteiger partial charge in [0.15, 0.2) is 0 Å². The number of thiocarbonyl (C=S) groups is 1. The fourth-order valence-electron chi connectivity index (χ4n) is 1.67. The standard InChI is InChI=1S/C13H20N2O4S2/c1-13(2,3)11(12(20)14-16)15-21(17,18)10-7-5-9(19-4)6-8-10/h5-8,11,15-16H,1-4H3,(H,14,20). The number of methoxy groups -OCH3 is 1. The molecule has 21 heavy (non-hydrogen) atoms. The van der Waals surface area contributed by atoms with Crippen LogP contribution in [0.25, 0.3) is 0 Å². The van der Waals surface area contributed by atoms with Gasteiger partial charge in [-0.15, -0.1) is 0 Å². The van der Waals surface area contributed by atoms with E-state index in [2.05, 4.69) is 4.72 Å². The first-order valence-corrected chi connectivity index (χ1v) is 8.11. The quantitative estimate of drug-likeness (QED) is 0.562. The van der Waals surface area contributed by atoms with Gasteiger partial charge >= 0.3 is 0 Å². The zero-order chi connectivity index (χ0) is 16.3. The molecule has 0 aliphatic rings. The molecule has 0 aromatic heterocycles. The summed E-state index contributed by atoms with van der Waals surface area (Å²) in [4.78, 5) is 0.109. The van der Waals surface area contributed by atoms with Crippen molar-refractivity contribution < 1.29 is 18.4 Å². The van der Waals surface area contributed by atoms with E-state index in [0.717, 1.165) is 0 Å². The Bertz CT molecular complexity index is 592. The number of hydrogen-bond acceptors (Lipinski definition) is 5. The minimum Gasteiger partial charge on any atom is -0.497 e. The third kappa shape index (κ3) is 4.63. The van der Waals surface area contributed by atoms with Crippen LogP contribution in [0.2, 0.25) is 0 Å². The molecule has 0 saturated carbocycles. The van der Waals surface area contributed by atoms with E-state index in [4.69, 9.17) is 22.2 Å². The first kappa shape index (κ1) is 17.8. The number of hydrogen-bond donors (Lipinski definition) is 3. The van der Waals surface area contributed by atoms with E-state index < -0.39 is 21.5 Å². The van der Waals surface area contributed by atoms with Crippen molar-refractivity contribution in [1.82, 2.24) is 10.2 Å². The lowest BCUT2D eigenvalue weighted by molar-refractivity contribution is 0.223. The molecule has 1 aromatic carbocycles. The molecule has 6 nitrogen and oxygen atoms in total. The van der Waals surface area contributed by atoms with Crippen LogP contribution < -0.4 is 14.9 Å². The van der Waals surface area contributed by atoms with E-state index >= 15 is 0 Å². The summed E-state index contributed by atoms with van der Waals surface area (Å²) in [5.41, 5.74) is 1.34. The lowest BCUT2D eigenvalue weighted by atomic mass is 9.87. The van der Waals surface area contributed by atoms with Crippen LogP contribution in [0, 0.1) is 5.41 Å². The highest BCUT2D eigenvalue weighted by molar-refractivity contribution is 7.89. The molecule has 1 atom stereocenters. The van der Waals surface area contributed by atoms with Gasteiger partial charge in [-0.25, -0.2) is 13.1 Å². The maximum absolute atomic E-state index is 12.4. The molecule has 1 unspecified atom stereocenters. The van der Waals surface area contributed by atoms with Crippen LogP contribution in [-0.2, 0) is 10.0 Å². The van der Waals surface area contributed by atoms with Gasteiger partial charge in [0.2, 0.25) is 10.0 Å². The Morgan fingerprint density at radius 3 is 2.19 bits per heavy atom. The molecule has 118 valence electrons. The molecule has 0 heterocycles. The molecule has 3 N–H and O–H groups in total. The smallest absolute Gasteiger partial charge is 0.241 e. The van der Waals surface area contributed by atoms with E-state index in [1.54, 1.807) is 12.1 Å². The van der Waals surface area contributed by atoms with Crippen molar-refractivity contribution in [3.05, 3.63) is 24.3 Å². The summed E-state index contributed by atoms with van der Waals surface area (Å²) in [7, 11) is -2.26. The fourth-order valence-corrected chi connectivity index (χ4v) is 3.57. The lowest BCUT2D eigenvalue weighted by Crippen LogP contribution is -2.52. The third-order valence-corrected chi connectivity index (χ3v) is 4.65. The Morgan fingerprint density at radius 1 is 1.29 bits per heavy atom. The zero-order valence-corrected chi connectivity index (χ0v) is 14.0. The van der Waals surface area contributed by atoms with Crippen LogP contribution in [0.1, 0.15) is 20.8 Å². The van der Waals surface area contributed by atoms with Crippen LogP contribution >= 0.6 is 12.2 Å². The van der Waals surface area contributed by atoms with Crippen LogP contribution in [0.15, 0.2) is 29.2 Å². The number of sulfonamides is 1. The second-order valence-corrected chi connectivity index (χ2v) is 7.73. The summed E-state index contributed by atoms with van der Waals surface area (Å²) in [6.45, 7) is 5.45. The average Bonchev–Trinajstić information content (AvgIpc) is 2.43. The van der Waals surface area contributed by atoms with Gasteiger partial charge in [0.1, 0.15) is 10.7 Å². The van der Waals surface area contributed by atoms with E-state index in [0.29, 0.717) is 5.75 Å². The molecule has 0 bridgehead atoms. The Balaban J connectivity index is 3.08. The highest BCUT2D eigenvalue weighted by atomic mass is 32.2. The van der Waals surface area contributed by atoms with Crippen LogP contribution in [0.3, 0.4) is 0 Å². The van der Waals surface area contributed by atoms with Crippen molar-refractivity contribution in [2.45, 2.75) is 31.7 Å². The van der Waals surface area contributed by atoms with E-state index in [1.165, 1.54) is 19.2 Å². The second kappa shape index (κ2) is 6.69. The number of rotatable bonds is 5. The highest BCUT2D eigenvalue weighted by Gasteiger charge is 2.32. The SMILES string of the molecule is COc1ccc(S(=O)(=O)NC(C(=S)NO)C(C)(C)C)cc1. The molecule has 1 aromatic rings. The molecule has 0 aliphatic carbocycles. The van der Waals surface area contributed by atoms with Crippen LogP contribution in [0.4, 0.5) is 0 Å². The van der Waals surface area contributed by atoms with Crippen molar-refractivity contribution in [2.75, 3.05) is 7.11 Å². The van der Waals surface area contributed by atoms with Gasteiger partial charge in [-0.05, 0) is 29.7 Å². The molecule has 1 rings (SSSR count). The molecule has 8 heteroatoms. The highest BCUT2D eigenvalue weighted by Crippen LogP contribution is 2.23. The lowest BCUT2D eigenvalue weighted by Gasteiger charge is -2.31. The van der Waals surface area contributed by atoms with Crippen molar-refractivity contribution in [2.24, 2.45) is 5.41 Å². The number of benzene rings is 1. The molecular formula is C13H20N2O4S2.